The minimum Gasteiger partial charge on any atom is -0.464 e. The SMILES string of the molecule is C=C(C)C[C@@H](OP(=O)(OCC)OCC)C(=O)OCC. The van der Waals surface area contributed by atoms with Gasteiger partial charge in [-0.2, -0.15) is 0 Å². The predicted molar refractivity (Wildman–Crippen MR) is 71.8 cm³/mol. The summed E-state index contributed by atoms with van der Waals surface area (Å²) in [5, 5.41) is 0. The number of hydrogen-bond donors (Lipinski definition) is 0. The molecule has 6 nitrogen and oxygen atoms in total. The van der Waals surface area contributed by atoms with Crippen molar-refractivity contribution >= 4 is 13.8 Å². The first-order valence-corrected chi connectivity index (χ1v) is 7.73. The third kappa shape index (κ3) is 7.47. The van der Waals surface area contributed by atoms with E-state index >= 15 is 0 Å². The van der Waals surface area contributed by atoms with Crippen LogP contribution in [0.2, 0.25) is 0 Å². The van der Waals surface area contributed by atoms with Crippen LogP contribution in [-0.2, 0) is 27.7 Å². The summed E-state index contributed by atoms with van der Waals surface area (Å²) in [6.45, 7) is 11.0. The van der Waals surface area contributed by atoms with E-state index in [-0.39, 0.29) is 26.2 Å². The Hall–Kier alpha value is -0.680. The molecule has 0 aliphatic carbocycles. The maximum Gasteiger partial charge on any atom is 0.475 e. The number of esters is 1. The Bertz CT molecular complexity index is 331. The zero-order valence-electron chi connectivity index (χ0n) is 12.0. The summed E-state index contributed by atoms with van der Waals surface area (Å²) in [6, 6.07) is 0. The quantitative estimate of drug-likeness (QED) is 0.350. The molecule has 1 atom stereocenters. The molecule has 0 bridgehead atoms. The number of carbonyl (C=O) groups excluding carboxylic acids is 1. The molecule has 0 rings (SSSR count). The molecule has 0 aliphatic heterocycles. The minimum atomic E-state index is -3.75. The standard InChI is InChI=1S/C12H23O6P/c1-6-15-12(13)11(9-10(4)5)18-19(14,16-7-2)17-8-3/h11H,4,6-9H2,1-3,5H3/t11-/m1/s1. The monoisotopic (exact) mass is 294 g/mol. The Balaban J connectivity index is 4.88. The van der Waals surface area contributed by atoms with Crippen molar-refractivity contribution in [1.29, 1.82) is 0 Å². The van der Waals surface area contributed by atoms with Crippen LogP contribution in [0.3, 0.4) is 0 Å². The highest BCUT2D eigenvalue weighted by Gasteiger charge is 2.34. The highest BCUT2D eigenvalue weighted by atomic mass is 31.2. The van der Waals surface area contributed by atoms with Gasteiger partial charge >= 0.3 is 13.8 Å². The molecule has 0 aliphatic rings. The van der Waals surface area contributed by atoms with E-state index in [1.54, 1.807) is 27.7 Å². The fourth-order valence-corrected chi connectivity index (χ4v) is 2.59. The Labute approximate surface area is 114 Å². The summed E-state index contributed by atoms with van der Waals surface area (Å²) in [6.07, 6.45) is -0.843. The number of hydrogen-bond acceptors (Lipinski definition) is 6. The minimum absolute atomic E-state index is 0.153. The lowest BCUT2D eigenvalue weighted by Crippen LogP contribution is -2.26. The van der Waals surface area contributed by atoms with Crippen LogP contribution in [0.1, 0.15) is 34.1 Å². The number of rotatable bonds is 10. The van der Waals surface area contributed by atoms with E-state index in [0.29, 0.717) is 5.57 Å². The second-order valence-electron chi connectivity index (χ2n) is 3.79. The summed E-state index contributed by atoms with van der Waals surface area (Å²) in [5.74, 6) is -0.606. The number of ether oxygens (including phenoxy) is 1. The molecule has 0 N–H and O–H groups in total. The predicted octanol–water partition coefficient (Wildman–Crippen LogP) is 3.08. The first-order valence-electron chi connectivity index (χ1n) is 6.27. The van der Waals surface area contributed by atoms with Crippen LogP contribution in [0.25, 0.3) is 0 Å². The zero-order chi connectivity index (χ0) is 14.9. The maximum atomic E-state index is 12.2. The molecule has 0 saturated carbocycles. The number of phosphoric acid groups is 1. The molecule has 0 unspecified atom stereocenters. The summed E-state index contributed by atoms with van der Waals surface area (Å²) in [5.41, 5.74) is 0.706. The van der Waals surface area contributed by atoms with Crippen molar-refractivity contribution in [1.82, 2.24) is 0 Å². The van der Waals surface area contributed by atoms with Crippen LogP contribution >= 0.6 is 7.82 Å². The normalized spacial score (nSPS) is 13.1. The highest BCUT2D eigenvalue weighted by molar-refractivity contribution is 7.48. The summed E-state index contributed by atoms with van der Waals surface area (Å²) >= 11 is 0. The highest BCUT2D eigenvalue weighted by Crippen LogP contribution is 2.51. The van der Waals surface area contributed by atoms with Gasteiger partial charge in [0, 0.05) is 6.42 Å². The van der Waals surface area contributed by atoms with Crippen molar-refractivity contribution in [2.75, 3.05) is 19.8 Å². The molecule has 112 valence electrons. The van der Waals surface area contributed by atoms with E-state index in [1.807, 2.05) is 0 Å². The van der Waals surface area contributed by atoms with Crippen LogP contribution in [-0.4, -0.2) is 31.9 Å². The lowest BCUT2D eigenvalue weighted by atomic mass is 10.1. The Morgan fingerprint density at radius 2 is 1.68 bits per heavy atom. The fourth-order valence-electron chi connectivity index (χ4n) is 1.29. The van der Waals surface area contributed by atoms with Crippen molar-refractivity contribution in [3.8, 4) is 0 Å². The molecular formula is C12H23O6P. The van der Waals surface area contributed by atoms with Gasteiger partial charge in [-0.05, 0) is 27.7 Å². The number of carbonyl (C=O) groups is 1. The average molecular weight is 294 g/mol. The molecular weight excluding hydrogens is 271 g/mol. The van der Waals surface area contributed by atoms with Crippen molar-refractivity contribution in [2.24, 2.45) is 0 Å². The van der Waals surface area contributed by atoms with Crippen LogP contribution in [0.5, 0.6) is 0 Å². The third-order valence-electron chi connectivity index (χ3n) is 1.91. The second kappa shape index (κ2) is 9.26. The van der Waals surface area contributed by atoms with Crippen LogP contribution in [0.15, 0.2) is 12.2 Å². The smallest absolute Gasteiger partial charge is 0.464 e. The van der Waals surface area contributed by atoms with Crippen molar-refractivity contribution in [3.63, 3.8) is 0 Å². The molecule has 0 heterocycles. The third-order valence-corrected chi connectivity index (χ3v) is 3.58. The number of phosphoric ester groups is 1. The molecule has 0 radical (unpaired) electrons. The van der Waals surface area contributed by atoms with E-state index in [0.717, 1.165) is 0 Å². The lowest BCUT2D eigenvalue weighted by molar-refractivity contribution is -0.152. The summed E-state index contributed by atoms with van der Waals surface area (Å²) in [4.78, 5) is 11.7. The largest absolute Gasteiger partial charge is 0.475 e. The van der Waals surface area contributed by atoms with Crippen molar-refractivity contribution in [2.45, 2.75) is 40.2 Å². The van der Waals surface area contributed by atoms with Gasteiger partial charge in [-0.15, -0.1) is 6.58 Å². The molecule has 0 aromatic carbocycles. The molecule has 0 aromatic heterocycles. The van der Waals surface area contributed by atoms with Gasteiger partial charge in [-0.3, -0.25) is 13.6 Å². The van der Waals surface area contributed by atoms with Gasteiger partial charge in [0.15, 0.2) is 6.10 Å². The first kappa shape index (κ1) is 18.3. The van der Waals surface area contributed by atoms with Gasteiger partial charge in [-0.25, -0.2) is 9.36 Å². The molecule has 0 fully saturated rings. The first-order chi connectivity index (χ1) is 8.88. The van der Waals surface area contributed by atoms with Crippen LogP contribution in [0.4, 0.5) is 0 Å². The molecule has 0 amide bonds. The maximum absolute atomic E-state index is 12.2. The van der Waals surface area contributed by atoms with Gasteiger partial charge in [0.2, 0.25) is 0 Å². The molecule has 7 heteroatoms. The van der Waals surface area contributed by atoms with Crippen molar-refractivity contribution in [3.05, 3.63) is 12.2 Å². The van der Waals surface area contributed by atoms with E-state index < -0.39 is 19.9 Å². The second-order valence-corrected chi connectivity index (χ2v) is 5.41. The molecule has 19 heavy (non-hydrogen) atoms. The van der Waals surface area contributed by atoms with Gasteiger partial charge in [0.25, 0.3) is 0 Å². The molecule has 0 aromatic rings. The Morgan fingerprint density at radius 1 is 1.16 bits per heavy atom. The van der Waals surface area contributed by atoms with Gasteiger partial charge in [-0.1, -0.05) is 5.57 Å². The van der Waals surface area contributed by atoms with E-state index in [4.69, 9.17) is 18.3 Å². The van der Waals surface area contributed by atoms with Gasteiger partial charge in [0.1, 0.15) is 0 Å². The summed E-state index contributed by atoms with van der Waals surface area (Å²) in [7, 11) is -3.75. The Kier molecular flexibility index (Phi) is 8.93. The lowest BCUT2D eigenvalue weighted by Gasteiger charge is -2.22. The van der Waals surface area contributed by atoms with E-state index in [1.165, 1.54) is 0 Å². The summed E-state index contributed by atoms with van der Waals surface area (Å²) < 4.78 is 32.3. The fraction of sp³-hybridized carbons (Fsp3) is 0.750. The topological polar surface area (TPSA) is 71.1 Å². The van der Waals surface area contributed by atoms with Gasteiger partial charge in [0.05, 0.1) is 19.8 Å². The average Bonchev–Trinajstić information content (AvgIpc) is 2.28. The van der Waals surface area contributed by atoms with Crippen LogP contribution < -0.4 is 0 Å². The molecule has 0 saturated heterocycles. The molecule has 0 spiro atoms. The van der Waals surface area contributed by atoms with E-state index in [9.17, 15) is 9.36 Å². The van der Waals surface area contributed by atoms with Crippen molar-refractivity contribution < 1.29 is 27.7 Å². The van der Waals surface area contributed by atoms with Crippen LogP contribution in [0, 0.1) is 0 Å². The van der Waals surface area contributed by atoms with Gasteiger partial charge < -0.3 is 4.74 Å². The Morgan fingerprint density at radius 3 is 2.05 bits per heavy atom. The van der Waals surface area contributed by atoms with E-state index in [2.05, 4.69) is 6.58 Å². The zero-order valence-corrected chi connectivity index (χ0v) is 12.9.